The van der Waals surface area contributed by atoms with Crippen molar-refractivity contribution in [3.63, 3.8) is 0 Å². The monoisotopic (exact) mass is 262 g/mol. The maximum Gasteiger partial charge on any atom is 0.226 e. The zero-order valence-electron chi connectivity index (χ0n) is 12.6. The van der Waals surface area contributed by atoms with Crippen molar-refractivity contribution in [3.8, 4) is 0 Å². The number of likely N-dealkylation sites (N-methyl/N-ethyl adjacent to an activating group) is 1. The van der Waals surface area contributed by atoms with Crippen molar-refractivity contribution in [1.82, 2.24) is 4.90 Å². The van der Waals surface area contributed by atoms with Crippen molar-refractivity contribution >= 4 is 11.6 Å². The number of anilines is 1. The molecule has 1 N–H and O–H groups in total. The van der Waals surface area contributed by atoms with E-state index in [4.69, 9.17) is 0 Å². The van der Waals surface area contributed by atoms with Crippen LogP contribution in [0.15, 0.2) is 24.3 Å². The molecule has 3 nitrogen and oxygen atoms in total. The third-order valence-electron chi connectivity index (χ3n) is 3.56. The molecule has 0 atom stereocenters. The summed E-state index contributed by atoms with van der Waals surface area (Å²) >= 11 is 0. The Morgan fingerprint density at radius 1 is 1.16 bits per heavy atom. The van der Waals surface area contributed by atoms with Crippen molar-refractivity contribution in [1.29, 1.82) is 0 Å². The van der Waals surface area contributed by atoms with Crippen LogP contribution in [-0.4, -0.2) is 31.4 Å². The van der Waals surface area contributed by atoms with Gasteiger partial charge in [0.15, 0.2) is 0 Å². The van der Waals surface area contributed by atoms with Crippen molar-refractivity contribution in [2.45, 2.75) is 33.1 Å². The van der Waals surface area contributed by atoms with Crippen LogP contribution >= 0.6 is 0 Å². The van der Waals surface area contributed by atoms with Crippen LogP contribution in [0.1, 0.15) is 32.3 Å². The van der Waals surface area contributed by atoms with Crippen LogP contribution in [0.3, 0.4) is 0 Å². The molecule has 0 aliphatic heterocycles. The minimum atomic E-state index is 0.137. The van der Waals surface area contributed by atoms with Gasteiger partial charge in [0.05, 0.1) is 6.42 Å². The van der Waals surface area contributed by atoms with E-state index in [-0.39, 0.29) is 5.91 Å². The third-order valence-corrected chi connectivity index (χ3v) is 3.56. The molecule has 1 aromatic carbocycles. The lowest BCUT2D eigenvalue weighted by Crippen LogP contribution is -2.23. The number of benzene rings is 1. The fourth-order valence-electron chi connectivity index (χ4n) is 1.91. The zero-order valence-corrected chi connectivity index (χ0v) is 12.6. The Balaban J connectivity index is 2.50. The van der Waals surface area contributed by atoms with Gasteiger partial charge in [0.25, 0.3) is 0 Å². The summed E-state index contributed by atoms with van der Waals surface area (Å²) in [6.07, 6.45) is 2.89. The quantitative estimate of drug-likeness (QED) is 0.818. The minimum Gasteiger partial charge on any atom is -0.385 e. The first-order valence-electron chi connectivity index (χ1n) is 7.09. The second-order valence-corrected chi connectivity index (χ2v) is 5.23. The summed E-state index contributed by atoms with van der Waals surface area (Å²) in [5.41, 5.74) is 2.19. The Hall–Kier alpha value is -1.51. The zero-order chi connectivity index (χ0) is 14.3. The molecule has 106 valence electrons. The molecular formula is C16H26N2O. The molecule has 0 bridgehead atoms. The van der Waals surface area contributed by atoms with Crippen LogP contribution < -0.4 is 5.32 Å². The second-order valence-electron chi connectivity index (χ2n) is 5.23. The highest BCUT2D eigenvalue weighted by molar-refractivity contribution is 5.78. The van der Waals surface area contributed by atoms with E-state index < -0.39 is 0 Å². The molecule has 0 radical (unpaired) electrons. The van der Waals surface area contributed by atoms with Crippen molar-refractivity contribution < 1.29 is 4.79 Å². The van der Waals surface area contributed by atoms with E-state index in [1.165, 1.54) is 12.8 Å². The SMILES string of the molecule is CCC(CC)CNc1ccc(CC(=O)N(C)C)cc1. The number of carbonyl (C=O) groups is 1. The largest absolute Gasteiger partial charge is 0.385 e. The standard InChI is InChI=1S/C16H26N2O/c1-5-13(6-2)12-17-15-9-7-14(8-10-15)11-16(19)18(3)4/h7-10,13,17H,5-6,11-12H2,1-4H3. The number of hydrogen-bond acceptors (Lipinski definition) is 2. The topological polar surface area (TPSA) is 32.3 Å². The fourth-order valence-corrected chi connectivity index (χ4v) is 1.91. The summed E-state index contributed by atoms with van der Waals surface area (Å²) in [4.78, 5) is 13.2. The Morgan fingerprint density at radius 2 is 1.74 bits per heavy atom. The van der Waals surface area contributed by atoms with E-state index in [1.807, 2.05) is 12.1 Å². The van der Waals surface area contributed by atoms with E-state index >= 15 is 0 Å². The van der Waals surface area contributed by atoms with Crippen LogP contribution in [0, 0.1) is 5.92 Å². The molecule has 0 aromatic heterocycles. The summed E-state index contributed by atoms with van der Waals surface area (Å²) in [5.74, 6) is 0.868. The highest BCUT2D eigenvalue weighted by Gasteiger charge is 2.06. The third kappa shape index (κ3) is 5.33. The van der Waals surface area contributed by atoms with Gasteiger partial charge in [-0.25, -0.2) is 0 Å². The molecule has 19 heavy (non-hydrogen) atoms. The van der Waals surface area contributed by atoms with Crippen molar-refractivity contribution in [3.05, 3.63) is 29.8 Å². The van der Waals surface area contributed by atoms with Crippen molar-refractivity contribution in [2.75, 3.05) is 26.0 Å². The summed E-state index contributed by atoms with van der Waals surface area (Å²) in [7, 11) is 3.57. The minimum absolute atomic E-state index is 0.137. The Bertz CT molecular complexity index is 380. The molecule has 1 aromatic rings. The number of nitrogens with one attached hydrogen (secondary N) is 1. The van der Waals surface area contributed by atoms with Crippen LogP contribution in [0.2, 0.25) is 0 Å². The Labute approximate surface area is 117 Å². The van der Waals surface area contributed by atoms with E-state index in [0.717, 1.165) is 23.7 Å². The highest BCUT2D eigenvalue weighted by Crippen LogP contribution is 2.13. The van der Waals surface area contributed by atoms with Crippen molar-refractivity contribution in [2.24, 2.45) is 5.92 Å². The van der Waals surface area contributed by atoms with Gasteiger partial charge in [-0.15, -0.1) is 0 Å². The maximum absolute atomic E-state index is 11.6. The normalized spacial score (nSPS) is 10.6. The van der Waals surface area contributed by atoms with E-state index in [2.05, 4.69) is 31.3 Å². The Kier molecular flexibility index (Phi) is 6.40. The van der Waals surface area contributed by atoms with Gasteiger partial charge in [0, 0.05) is 26.3 Å². The molecule has 0 saturated carbocycles. The molecule has 0 heterocycles. The summed E-state index contributed by atoms with van der Waals surface area (Å²) < 4.78 is 0. The molecule has 0 fully saturated rings. The van der Waals surface area contributed by atoms with E-state index in [0.29, 0.717) is 6.42 Å². The van der Waals surface area contributed by atoms with Gasteiger partial charge in [0.1, 0.15) is 0 Å². The van der Waals surface area contributed by atoms with Crippen LogP contribution in [0.5, 0.6) is 0 Å². The smallest absolute Gasteiger partial charge is 0.226 e. The maximum atomic E-state index is 11.6. The number of amides is 1. The van der Waals surface area contributed by atoms with E-state index in [1.54, 1.807) is 19.0 Å². The highest BCUT2D eigenvalue weighted by atomic mass is 16.2. The molecule has 0 aliphatic rings. The lowest BCUT2D eigenvalue weighted by atomic mass is 10.0. The van der Waals surface area contributed by atoms with Gasteiger partial charge in [-0.2, -0.15) is 0 Å². The number of rotatable bonds is 7. The molecule has 0 unspecified atom stereocenters. The van der Waals surface area contributed by atoms with Gasteiger partial charge < -0.3 is 10.2 Å². The van der Waals surface area contributed by atoms with Gasteiger partial charge in [0.2, 0.25) is 5.91 Å². The summed E-state index contributed by atoms with van der Waals surface area (Å²) in [6, 6.07) is 8.16. The molecule has 1 rings (SSSR count). The molecule has 0 saturated heterocycles. The number of nitrogens with zero attached hydrogens (tertiary/aromatic N) is 1. The van der Waals surface area contributed by atoms with Gasteiger partial charge in [-0.3, -0.25) is 4.79 Å². The molecular weight excluding hydrogens is 236 g/mol. The fraction of sp³-hybridized carbons (Fsp3) is 0.562. The van der Waals surface area contributed by atoms with Crippen LogP contribution in [0.4, 0.5) is 5.69 Å². The Morgan fingerprint density at radius 3 is 2.21 bits per heavy atom. The molecule has 1 amide bonds. The first-order chi connectivity index (χ1) is 9.06. The number of carbonyl (C=O) groups excluding carboxylic acids is 1. The molecule has 3 heteroatoms. The molecule has 0 aliphatic carbocycles. The predicted octanol–water partition coefficient (Wildman–Crippen LogP) is 3.17. The van der Waals surface area contributed by atoms with Crippen LogP contribution in [-0.2, 0) is 11.2 Å². The second kappa shape index (κ2) is 7.82. The predicted molar refractivity (Wildman–Crippen MR) is 81.4 cm³/mol. The summed E-state index contributed by atoms with van der Waals surface area (Å²) in [5, 5.41) is 3.45. The average Bonchev–Trinajstić information content (AvgIpc) is 2.41. The van der Waals surface area contributed by atoms with E-state index in [9.17, 15) is 4.79 Å². The first kappa shape index (κ1) is 15.5. The lowest BCUT2D eigenvalue weighted by molar-refractivity contribution is -0.127. The average molecular weight is 262 g/mol. The van der Waals surface area contributed by atoms with Gasteiger partial charge in [-0.1, -0.05) is 38.8 Å². The first-order valence-corrected chi connectivity index (χ1v) is 7.09. The van der Waals surface area contributed by atoms with Gasteiger partial charge in [-0.05, 0) is 23.6 Å². The number of hydrogen-bond donors (Lipinski definition) is 1. The lowest BCUT2D eigenvalue weighted by Gasteiger charge is -2.15. The van der Waals surface area contributed by atoms with Crippen LogP contribution in [0.25, 0.3) is 0 Å². The van der Waals surface area contributed by atoms with Gasteiger partial charge >= 0.3 is 0 Å². The molecule has 0 spiro atoms. The summed E-state index contributed by atoms with van der Waals surface area (Å²) in [6.45, 7) is 5.47.